The first-order chi connectivity index (χ1) is 26.1. The fourth-order valence-corrected chi connectivity index (χ4v) is 5.72. The highest BCUT2D eigenvalue weighted by molar-refractivity contribution is 7.45. The quantitative estimate of drug-likeness (QED) is 0.0204. The maximum atomic E-state index is 12.6. The van der Waals surface area contributed by atoms with Crippen LogP contribution in [0.25, 0.3) is 0 Å². The minimum atomic E-state index is -4.55. The molecule has 0 N–H and O–H groups in total. The molecule has 0 bridgehead atoms. The molecule has 0 amide bonds. The standard InChI is InChI=1S/C45H78NO7P/c1-6-8-10-12-14-16-18-20-22-24-26-28-30-32-34-36-38-45(47)53-44(43-52-54(48,49)51-41-39-46(3,4)5)42-50-40-37-35-33-31-29-27-25-23-21-19-17-15-13-11-9-7-2/h9,11,15-18,21-24,27,29,33,35,44H,6-8,10,12-14,19-20,25-26,28,30-32,34,36-43H2,1-5H3/b11-9-,17-15-,18-16-,23-21-,24-22-,29-27-,35-33-. The van der Waals surface area contributed by atoms with Gasteiger partial charge in [0.15, 0.2) is 0 Å². The van der Waals surface area contributed by atoms with Gasteiger partial charge in [0.2, 0.25) is 0 Å². The van der Waals surface area contributed by atoms with E-state index in [0.717, 1.165) is 77.0 Å². The zero-order chi connectivity index (χ0) is 39.9. The molecule has 0 aliphatic heterocycles. The van der Waals surface area contributed by atoms with Crippen LogP contribution in [0.2, 0.25) is 0 Å². The Morgan fingerprint density at radius 2 is 1.07 bits per heavy atom. The van der Waals surface area contributed by atoms with Crippen molar-refractivity contribution < 1.29 is 37.3 Å². The number of esters is 1. The zero-order valence-electron chi connectivity index (χ0n) is 34.9. The summed E-state index contributed by atoms with van der Waals surface area (Å²) in [6, 6.07) is 0. The number of hydrogen-bond acceptors (Lipinski definition) is 7. The van der Waals surface area contributed by atoms with Gasteiger partial charge >= 0.3 is 5.97 Å². The van der Waals surface area contributed by atoms with Crippen molar-refractivity contribution in [3.8, 4) is 0 Å². The number of ether oxygens (including phenoxy) is 2. The van der Waals surface area contributed by atoms with E-state index in [2.05, 4.69) is 92.8 Å². The number of quaternary nitrogens is 1. The lowest BCUT2D eigenvalue weighted by atomic mass is 10.1. The average molecular weight is 776 g/mol. The van der Waals surface area contributed by atoms with Crippen LogP contribution < -0.4 is 4.89 Å². The summed E-state index contributed by atoms with van der Waals surface area (Å²) in [5.41, 5.74) is 0. The average Bonchev–Trinajstić information content (AvgIpc) is 3.12. The summed E-state index contributed by atoms with van der Waals surface area (Å²) in [5, 5.41) is 0. The normalized spacial score (nSPS) is 14.7. The molecule has 2 atom stereocenters. The second-order valence-corrected chi connectivity index (χ2v) is 16.0. The molecule has 0 heterocycles. The molecule has 9 heteroatoms. The number of phosphoric ester groups is 1. The Bertz CT molecular complexity index is 1130. The third kappa shape index (κ3) is 40.9. The van der Waals surface area contributed by atoms with Crippen molar-refractivity contribution in [2.45, 2.75) is 142 Å². The largest absolute Gasteiger partial charge is 0.756 e. The van der Waals surface area contributed by atoms with E-state index in [1.165, 1.54) is 32.1 Å². The number of likely N-dealkylation sites (N-methyl/N-ethyl adjacent to an activating group) is 1. The van der Waals surface area contributed by atoms with Crippen molar-refractivity contribution in [2.75, 3.05) is 54.1 Å². The summed E-state index contributed by atoms with van der Waals surface area (Å²) in [6.07, 6.45) is 49.0. The molecular weight excluding hydrogens is 697 g/mol. The summed E-state index contributed by atoms with van der Waals surface area (Å²) in [4.78, 5) is 25.0. The van der Waals surface area contributed by atoms with Gasteiger partial charge in [-0.1, -0.05) is 137 Å². The lowest BCUT2D eigenvalue weighted by molar-refractivity contribution is -0.870. The molecule has 0 spiro atoms. The Morgan fingerprint density at radius 1 is 0.593 bits per heavy atom. The second kappa shape index (κ2) is 37.6. The Hall–Kier alpha value is -2.32. The molecule has 0 saturated heterocycles. The van der Waals surface area contributed by atoms with E-state index >= 15 is 0 Å². The van der Waals surface area contributed by atoms with Gasteiger partial charge in [-0.2, -0.15) is 0 Å². The van der Waals surface area contributed by atoms with Gasteiger partial charge in [0.1, 0.15) is 19.3 Å². The molecule has 0 fully saturated rings. The van der Waals surface area contributed by atoms with Gasteiger partial charge in [-0.15, -0.1) is 0 Å². The molecule has 0 aliphatic carbocycles. The molecule has 0 aliphatic rings. The molecular formula is C45H78NO7P. The van der Waals surface area contributed by atoms with Crippen LogP contribution in [0.15, 0.2) is 85.1 Å². The molecule has 310 valence electrons. The van der Waals surface area contributed by atoms with Crippen molar-refractivity contribution >= 4 is 13.8 Å². The second-order valence-electron chi connectivity index (χ2n) is 14.6. The number of hydrogen-bond donors (Lipinski definition) is 0. The lowest BCUT2D eigenvalue weighted by Crippen LogP contribution is -2.37. The van der Waals surface area contributed by atoms with Gasteiger partial charge in [-0.25, -0.2) is 0 Å². The minimum Gasteiger partial charge on any atom is -0.756 e. The predicted molar refractivity (Wildman–Crippen MR) is 226 cm³/mol. The molecule has 0 aromatic rings. The Kier molecular flexibility index (Phi) is 36.0. The van der Waals surface area contributed by atoms with Crippen LogP contribution in [-0.4, -0.2) is 70.7 Å². The van der Waals surface area contributed by atoms with Gasteiger partial charge in [0, 0.05) is 6.42 Å². The van der Waals surface area contributed by atoms with Gasteiger partial charge in [-0.05, 0) is 77.0 Å². The molecule has 2 unspecified atom stereocenters. The Morgan fingerprint density at radius 3 is 1.61 bits per heavy atom. The highest BCUT2D eigenvalue weighted by atomic mass is 31.2. The monoisotopic (exact) mass is 776 g/mol. The molecule has 0 saturated carbocycles. The van der Waals surface area contributed by atoms with Gasteiger partial charge in [0.05, 0.1) is 41.0 Å². The first kappa shape index (κ1) is 51.7. The number of carbonyl (C=O) groups excluding carboxylic acids is 1. The molecule has 54 heavy (non-hydrogen) atoms. The van der Waals surface area contributed by atoms with Crippen molar-refractivity contribution in [1.82, 2.24) is 0 Å². The van der Waals surface area contributed by atoms with Gasteiger partial charge in [-0.3, -0.25) is 9.36 Å². The predicted octanol–water partition coefficient (Wildman–Crippen LogP) is 11.5. The Labute approximate surface area is 331 Å². The smallest absolute Gasteiger partial charge is 0.306 e. The first-order valence-corrected chi connectivity index (χ1v) is 22.3. The van der Waals surface area contributed by atoms with Crippen LogP contribution >= 0.6 is 7.82 Å². The number of carbonyl (C=O) groups is 1. The van der Waals surface area contributed by atoms with Gasteiger partial charge < -0.3 is 27.9 Å². The van der Waals surface area contributed by atoms with Crippen LogP contribution in [0.3, 0.4) is 0 Å². The van der Waals surface area contributed by atoms with Crippen molar-refractivity contribution in [3.63, 3.8) is 0 Å². The van der Waals surface area contributed by atoms with E-state index in [4.69, 9.17) is 18.5 Å². The number of phosphoric acid groups is 1. The van der Waals surface area contributed by atoms with Crippen LogP contribution in [0.4, 0.5) is 0 Å². The summed E-state index contributed by atoms with van der Waals surface area (Å²) in [5.74, 6) is -0.377. The topological polar surface area (TPSA) is 94.1 Å². The number of rotatable bonds is 37. The SMILES string of the molecule is CC/C=C\C/C=C\C/C=C\C/C=C\C/C=C\CCOCC(COP(=O)([O-])OCC[N+](C)(C)C)OC(=O)CCCCCCC/C=C\C/C=C\CCCCCC. The van der Waals surface area contributed by atoms with Crippen LogP contribution in [-0.2, 0) is 27.9 Å². The van der Waals surface area contributed by atoms with Crippen molar-refractivity contribution in [2.24, 2.45) is 0 Å². The van der Waals surface area contributed by atoms with E-state index in [-0.39, 0.29) is 32.2 Å². The zero-order valence-corrected chi connectivity index (χ0v) is 35.8. The third-order valence-corrected chi connectivity index (χ3v) is 9.16. The van der Waals surface area contributed by atoms with Crippen molar-refractivity contribution in [3.05, 3.63) is 85.1 Å². The molecule has 0 aromatic heterocycles. The lowest BCUT2D eigenvalue weighted by Gasteiger charge is -2.28. The first-order valence-electron chi connectivity index (χ1n) is 20.8. The molecule has 8 nitrogen and oxygen atoms in total. The minimum absolute atomic E-state index is 0.00532. The van der Waals surface area contributed by atoms with Crippen LogP contribution in [0, 0.1) is 0 Å². The molecule has 0 radical (unpaired) electrons. The van der Waals surface area contributed by atoms with E-state index in [9.17, 15) is 14.3 Å². The summed E-state index contributed by atoms with van der Waals surface area (Å²) < 4.78 is 34.4. The molecule has 0 aromatic carbocycles. The van der Waals surface area contributed by atoms with E-state index in [1.807, 2.05) is 27.2 Å². The number of allylic oxidation sites excluding steroid dienone is 13. The van der Waals surface area contributed by atoms with Crippen molar-refractivity contribution in [1.29, 1.82) is 0 Å². The van der Waals surface area contributed by atoms with E-state index in [1.54, 1.807) is 0 Å². The fraction of sp³-hybridized carbons (Fsp3) is 0.667. The number of nitrogens with zero attached hydrogens (tertiary/aromatic N) is 1. The van der Waals surface area contributed by atoms with E-state index in [0.29, 0.717) is 24.1 Å². The van der Waals surface area contributed by atoms with Gasteiger partial charge in [0.25, 0.3) is 7.82 Å². The summed E-state index contributed by atoms with van der Waals surface area (Å²) in [6.45, 7) is 5.00. The maximum absolute atomic E-state index is 12.6. The molecule has 0 rings (SSSR count). The van der Waals surface area contributed by atoms with Crippen LogP contribution in [0.1, 0.15) is 136 Å². The van der Waals surface area contributed by atoms with Crippen LogP contribution in [0.5, 0.6) is 0 Å². The fourth-order valence-electron chi connectivity index (χ4n) is 4.99. The highest BCUT2D eigenvalue weighted by Crippen LogP contribution is 2.38. The number of unbranched alkanes of at least 4 members (excludes halogenated alkanes) is 9. The maximum Gasteiger partial charge on any atom is 0.306 e. The third-order valence-electron chi connectivity index (χ3n) is 8.20. The highest BCUT2D eigenvalue weighted by Gasteiger charge is 2.20. The summed E-state index contributed by atoms with van der Waals surface area (Å²) in [7, 11) is 1.29. The van der Waals surface area contributed by atoms with E-state index < -0.39 is 13.9 Å². The summed E-state index contributed by atoms with van der Waals surface area (Å²) >= 11 is 0. The Balaban J connectivity index is 4.44.